The van der Waals surface area contributed by atoms with Gasteiger partial charge in [-0.15, -0.1) is 0 Å². The molecule has 2 rings (SSSR count). The molecule has 0 spiro atoms. The molecular weight excluding hydrogens is 348 g/mol. The molecule has 0 heterocycles. The van der Waals surface area contributed by atoms with E-state index >= 15 is 0 Å². The van der Waals surface area contributed by atoms with Crippen LogP contribution in [0.2, 0.25) is 0 Å². The number of aliphatic carboxylic acids is 1. The lowest BCUT2D eigenvalue weighted by Crippen LogP contribution is -2.55. The second-order valence-corrected chi connectivity index (χ2v) is 6.78. The molecule has 27 heavy (non-hydrogen) atoms. The number of urea groups is 1. The molecule has 0 aliphatic heterocycles. The van der Waals surface area contributed by atoms with Crippen LogP contribution >= 0.6 is 0 Å². The molecule has 3 N–H and O–H groups in total. The number of carboxylic acid groups (broad SMARTS) is 1. The maximum Gasteiger partial charge on any atom is 0.319 e. The van der Waals surface area contributed by atoms with Gasteiger partial charge in [-0.2, -0.15) is 0 Å². The smallest absolute Gasteiger partial charge is 0.319 e. The zero-order valence-corrected chi connectivity index (χ0v) is 16.1. The third kappa shape index (κ3) is 5.68. The molecule has 0 bridgehead atoms. The summed E-state index contributed by atoms with van der Waals surface area (Å²) in [5, 5.41) is 14.6. The molecule has 8 heteroatoms. The van der Waals surface area contributed by atoms with Crippen LogP contribution in [0.25, 0.3) is 0 Å². The fraction of sp³-hybridized carbons (Fsp3) is 0.526. The third-order valence-corrected chi connectivity index (χ3v) is 4.90. The number of carbonyl (C=O) groups excluding carboxylic acids is 2. The maximum atomic E-state index is 12.2. The number of carboxylic acids is 1. The second kappa shape index (κ2) is 9.36. The Morgan fingerprint density at radius 1 is 1.19 bits per heavy atom. The quantitative estimate of drug-likeness (QED) is 0.642. The average molecular weight is 376 g/mol. The Bertz CT molecular complexity index is 688. The average Bonchev–Trinajstić information content (AvgIpc) is 2.61. The van der Waals surface area contributed by atoms with E-state index in [1.165, 1.54) is 0 Å². The van der Waals surface area contributed by atoms with Crippen LogP contribution in [0.15, 0.2) is 24.3 Å². The maximum absolute atomic E-state index is 12.2. The highest BCUT2D eigenvalue weighted by atomic mass is 16.4. The number of benzene rings is 1. The SMILES string of the molecule is CCN(C)C(=O)c1cccc(NC(=O)NC2CC(N(CC)CC(=O)O)C2)c1. The van der Waals surface area contributed by atoms with Gasteiger partial charge in [-0.3, -0.25) is 14.5 Å². The van der Waals surface area contributed by atoms with Crippen molar-refractivity contribution in [2.75, 3.05) is 32.0 Å². The van der Waals surface area contributed by atoms with Crippen molar-refractivity contribution in [3.05, 3.63) is 29.8 Å². The van der Waals surface area contributed by atoms with Gasteiger partial charge < -0.3 is 20.6 Å². The van der Waals surface area contributed by atoms with Crippen molar-refractivity contribution < 1.29 is 19.5 Å². The standard InChI is InChI=1S/C19H28N4O4/c1-4-22(3)18(26)13-7-6-8-14(9-13)20-19(27)21-15-10-16(11-15)23(5-2)12-17(24)25/h6-9,15-16H,4-5,10-12H2,1-3H3,(H,24,25)(H2,20,21,27). The lowest BCUT2D eigenvalue weighted by molar-refractivity contribution is -0.139. The van der Waals surface area contributed by atoms with Crippen molar-refractivity contribution in [1.82, 2.24) is 15.1 Å². The summed E-state index contributed by atoms with van der Waals surface area (Å²) in [6.45, 7) is 5.13. The van der Waals surface area contributed by atoms with Crippen molar-refractivity contribution in [3.63, 3.8) is 0 Å². The van der Waals surface area contributed by atoms with E-state index in [2.05, 4.69) is 10.6 Å². The molecule has 1 aromatic rings. The first kappa shape index (κ1) is 20.7. The molecule has 0 radical (unpaired) electrons. The highest BCUT2D eigenvalue weighted by Crippen LogP contribution is 2.25. The van der Waals surface area contributed by atoms with E-state index in [9.17, 15) is 14.4 Å². The molecule has 0 unspecified atom stereocenters. The number of nitrogens with zero attached hydrogens (tertiary/aromatic N) is 2. The number of amides is 3. The summed E-state index contributed by atoms with van der Waals surface area (Å²) in [5.74, 6) is -0.935. The number of likely N-dealkylation sites (N-methyl/N-ethyl adjacent to an activating group) is 1. The van der Waals surface area contributed by atoms with E-state index in [4.69, 9.17) is 5.11 Å². The van der Waals surface area contributed by atoms with Crippen LogP contribution in [0.3, 0.4) is 0 Å². The summed E-state index contributed by atoms with van der Waals surface area (Å²) >= 11 is 0. The van der Waals surface area contributed by atoms with Gasteiger partial charge >= 0.3 is 12.0 Å². The van der Waals surface area contributed by atoms with Gasteiger partial charge in [-0.1, -0.05) is 13.0 Å². The normalized spacial score (nSPS) is 18.5. The van der Waals surface area contributed by atoms with Gasteiger partial charge in [0.15, 0.2) is 0 Å². The lowest BCUT2D eigenvalue weighted by Gasteiger charge is -2.42. The molecule has 3 amide bonds. The zero-order valence-electron chi connectivity index (χ0n) is 16.1. The van der Waals surface area contributed by atoms with Gasteiger partial charge in [0.2, 0.25) is 0 Å². The van der Waals surface area contributed by atoms with Crippen molar-refractivity contribution in [3.8, 4) is 0 Å². The molecule has 1 aliphatic rings. The summed E-state index contributed by atoms with van der Waals surface area (Å²) in [6, 6.07) is 6.72. The fourth-order valence-corrected chi connectivity index (χ4v) is 3.12. The monoisotopic (exact) mass is 376 g/mol. The molecule has 8 nitrogen and oxygen atoms in total. The number of rotatable bonds is 8. The van der Waals surface area contributed by atoms with Gasteiger partial charge in [0.25, 0.3) is 5.91 Å². The van der Waals surface area contributed by atoms with Crippen molar-refractivity contribution in [1.29, 1.82) is 0 Å². The third-order valence-electron chi connectivity index (χ3n) is 4.90. The lowest BCUT2D eigenvalue weighted by atomic mass is 9.85. The summed E-state index contributed by atoms with van der Waals surface area (Å²) in [4.78, 5) is 38.8. The van der Waals surface area contributed by atoms with Gasteiger partial charge in [0.05, 0.1) is 6.54 Å². The number of anilines is 1. The Balaban J connectivity index is 1.83. The van der Waals surface area contributed by atoms with Crippen LogP contribution in [-0.4, -0.2) is 71.6 Å². The number of carbonyl (C=O) groups is 3. The van der Waals surface area contributed by atoms with Crippen molar-refractivity contribution in [2.24, 2.45) is 0 Å². The first-order valence-corrected chi connectivity index (χ1v) is 9.22. The molecule has 1 aromatic carbocycles. The van der Waals surface area contributed by atoms with Crippen LogP contribution < -0.4 is 10.6 Å². The number of hydrogen-bond acceptors (Lipinski definition) is 4. The molecule has 1 saturated carbocycles. The van der Waals surface area contributed by atoms with Crippen LogP contribution in [0.1, 0.15) is 37.0 Å². The highest BCUT2D eigenvalue weighted by molar-refractivity contribution is 5.96. The summed E-state index contributed by atoms with van der Waals surface area (Å²) in [7, 11) is 1.73. The van der Waals surface area contributed by atoms with Gasteiger partial charge in [-0.25, -0.2) is 4.79 Å². The zero-order chi connectivity index (χ0) is 20.0. The van der Waals surface area contributed by atoms with E-state index in [0.29, 0.717) is 24.3 Å². The van der Waals surface area contributed by atoms with E-state index in [1.54, 1.807) is 36.2 Å². The minimum absolute atomic E-state index is 0.0209. The summed E-state index contributed by atoms with van der Waals surface area (Å²) in [5.41, 5.74) is 1.08. The minimum atomic E-state index is -0.839. The molecular formula is C19H28N4O4. The van der Waals surface area contributed by atoms with E-state index in [0.717, 1.165) is 12.8 Å². The van der Waals surface area contributed by atoms with Crippen molar-refractivity contribution >= 4 is 23.6 Å². The largest absolute Gasteiger partial charge is 0.480 e. The fourth-order valence-electron chi connectivity index (χ4n) is 3.12. The number of hydrogen-bond donors (Lipinski definition) is 3. The predicted octanol–water partition coefficient (Wildman–Crippen LogP) is 1.84. The van der Waals surface area contributed by atoms with E-state index < -0.39 is 5.97 Å². The molecule has 148 valence electrons. The molecule has 0 aromatic heterocycles. The number of nitrogens with one attached hydrogen (secondary N) is 2. The highest BCUT2D eigenvalue weighted by Gasteiger charge is 2.34. The van der Waals surface area contributed by atoms with Crippen LogP contribution in [0.4, 0.5) is 10.5 Å². The van der Waals surface area contributed by atoms with Gasteiger partial charge in [0.1, 0.15) is 0 Å². The predicted molar refractivity (Wildman–Crippen MR) is 103 cm³/mol. The molecule has 0 atom stereocenters. The van der Waals surface area contributed by atoms with Crippen LogP contribution in [0.5, 0.6) is 0 Å². The van der Waals surface area contributed by atoms with Crippen LogP contribution in [-0.2, 0) is 4.79 Å². The molecule has 0 saturated heterocycles. The Morgan fingerprint density at radius 3 is 2.48 bits per heavy atom. The topological polar surface area (TPSA) is 102 Å². The van der Waals surface area contributed by atoms with Crippen LogP contribution in [0, 0.1) is 0 Å². The van der Waals surface area contributed by atoms with Gasteiger partial charge in [-0.05, 0) is 44.5 Å². The first-order chi connectivity index (χ1) is 12.8. The molecule has 1 fully saturated rings. The van der Waals surface area contributed by atoms with E-state index in [1.807, 2.05) is 18.7 Å². The van der Waals surface area contributed by atoms with Crippen molar-refractivity contribution in [2.45, 2.75) is 38.8 Å². The minimum Gasteiger partial charge on any atom is -0.480 e. The second-order valence-electron chi connectivity index (χ2n) is 6.78. The summed E-state index contributed by atoms with van der Waals surface area (Å²) < 4.78 is 0. The summed E-state index contributed by atoms with van der Waals surface area (Å²) in [6.07, 6.45) is 1.46. The Kier molecular flexibility index (Phi) is 7.18. The Morgan fingerprint density at radius 2 is 1.89 bits per heavy atom. The van der Waals surface area contributed by atoms with Gasteiger partial charge in [0, 0.05) is 36.9 Å². The Hall–Kier alpha value is -2.61. The van der Waals surface area contributed by atoms with E-state index in [-0.39, 0.29) is 30.6 Å². The molecule has 1 aliphatic carbocycles. The Labute approximate surface area is 159 Å². The first-order valence-electron chi connectivity index (χ1n) is 9.22.